The molecule has 0 atom stereocenters. The molecule has 2 aromatic heterocycles. The van der Waals surface area contributed by atoms with Gasteiger partial charge in [-0.3, -0.25) is 14.3 Å². The van der Waals surface area contributed by atoms with Crippen LogP contribution < -0.4 is 0 Å². The van der Waals surface area contributed by atoms with E-state index in [9.17, 15) is 9.59 Å². The molecule has 26 heavy (non-hydrogen) atoms. The van der Waals surface area contributed by atoms with Crippen LogP contribution in [0.3, 0.4) is 0 Å². The van der Waals surface area contributed by atoms with Crippen LogP contribution in [0.4, 0.5) is 0 Å². The number of hydrogen-bond donors (Lipinski definition) is 0. The number of hydrogen-bond acceptors (Lipinski definition) is 3. The molecule has 0 saturated heterocycles. The Morgan fingerprint density at radius 3 is 1.92 bits per heavy atom. The minimum absolute atomic E-state index is 0.0343. The predicted octanol–water partition coefficient (Wildman–Crippen LogP) is 4.10. The molecule has 0 radical (unpaired) electrons. The lowest BCUT2D eigenvalue weighted by molar-refractivity contribution is 0.100. The molecular formula is C21H19N3O2. The molecule has 0 aliphatic carbocycles. The number of aryl methyl sites for hydroxylation is 2. The molecule has 0 spiro atoms. The molecule has 5 nitrogen and oxygen atoms in total. The van der Waals surface area contributed by atoms with E-state index in [1.807, 2.05) is 53.3 Å². The molecule has 0 N–H and O–H groups in total. The van der Waals surface area contributed by atoms with Gasteiger partial charge >= 0.3 is 0 Å². The summed E-state index contributed by atoms with van der Waals surface area (Å²) in [5.41, 5.74) is 3.46. The molecule has 0 saturated carbocycles. The molecule has 0 amide bonds. The number of benzene rings is 2. The Morgan fingerprint density at radius 1 is 0.885 bits per heavy atom. The predicted molar refractivity (Wildman–Crippen MR) is 102 cm³/mol. The Morgan fingerprint density at radius 2 is 1.46 bits per heavy atom. The fourth-order valence-corrected chi connectivity index (χ4v) is 3.42. The van der Waals surface area contributed by atoms with Crippen molar-refractivity contribution >= 4 is 33.4 Å². The summed E-state index contributed by atoms with van der Waals surface area (Å²) < 4.78 is 4.12. The maximum absolute atomic E-state index is 11.8. The van der Waals surface area contributed by atoms with Crippen molar-refractivity contribution in [3.05, 3.63) is 66.0 Å². The highest BCUT2D eigenvalue weighted by Crippen LogP contribution is 2.31. The van der Waals surface area contributed by atoms with Gasteiger partial charge in [0.2, 0.25) is 0 Å². The molecule has 130 valence electrons. The molecule has 0 unspecified atom stereocenters. The Labute approximate surface area is 150 Å². The first-order chi connectivity index (χ1) is 12.5. The van der Waals surface area contributed by atoms with Gasteiger partial charge in [-0.15, -0.1) is 0 Å². The van der Waals surface area contributed by atoms with Crippen LogP contribution in [0.15, 0.2) is 54.9 Å². The molecule has 0 bridgehead atoms. The summed E-state index contributed by atoms with van der Waals surface area (Å²) in [7, 11) is 0. The van der Waals surface area contributed by atoms with E-state index in [2.05, 4.69) is 9.67 Å². The molecule has 0 aliphatic heterocycles. The van der Waals surface area contributed by atoms with Gasteiger partial charge in [-0.2, -0.15) is 5.10 Å². The number of carbonyl (C=O) groups is 2. The standard InChI is InChI=1S/C21H19N3O2/c1-14(25)16-4-6-20-18(12-16)19-13-17(15(2)26)5-7-21(19)24(20)11-10-23-9-3-8-22-23/h3-9,12-13H,10-11H2,1-2H3. The maximum atomic E-state index is 11.8. The zero-order chi connectivity index (χ0) is 18.3. The number of nitrogens with zero attached hydrogens (tertiary/aromatic N) is 3. The maximum Gasteiger partial charge on any atom is 0.159 e. The number of carbonyl (C=O) groups excluding carboxylic acids is 2. The van der Waals surface area contributed by atoms with E-state index in [-0.39, 0.29) is 11.6 Å². The van der Waals surface area contributed by atoms with Gasteiger partial charge in [-0.25, -0.2) is 0 Å². The van der Waals surface area contributed by atoms with E-state index in [4.69, 9.17) is 0 Å². The molecule has 0 aliphatic rings. The molecule has 4 aromatic rings. The minimum atomic E-state index is 0.0343. The highest BCUT2D eigenvalue weighted by molar-refractivity contribution is 6.12. The normalized spacial score (nSPS) is 11.3. The van der Waals surface area contributed by atoms with Gasteiger partial charge in [0.15, 0.2) is 11.6 Å². The molecule has 0 fully saturated rings. The highest BCUT2D eigenvalue weighted by Gasteiger charge is 2.14. The third kappa shape index (κ3) is 2.71. The molecule has 2 heterocycles. The lowest BCUT2D eigenvalue weighted by Gasteiger charge is -2.08. The van der Waals surface area contributed by atoms with Gasteiger partial charge in [0.25, 0.3) is 0 Å². The second kappa shape index (κ2) is 6.26. The summed E-state index contributed by atoms with van der Waals surface area (Å²) in [5, 5.41) is 6.26. The smallest absolute Gasteiger partial charge is 0.159 e. The van der Waals surface area contributed by atoms with E-state index in [1.165, 1.54) is 0 Å². The van der Waals surface area contributed by atoms with Crippen LogP contribution in [-0.4, -0.2) is 25.9 Å². The van der Waals surface area contributed by atoms with Crippen LogP contribution in [0.1, 0.15) is 34.6 Å². The van der Waals surface area contributed by atoms with Gasteiger partial charge in [-0.1, -0.05) is 0 Å². The van der Waals surface area contributed by atoms with Crippen LogP contribution in [0.2, 0.25) is 0 Å². The van der Waals surface area contributed by atoms with Gasteiger partial charge < -0.3 is 4.57 Å². The fourth-order valence-electron chi connectivity index (χ4n) is 3.42. The summed E-state index contributed by atoms with van der Waals surface area (Å²) in [4.78, 5) is 23.6. The van der Waals surface area contributed by atoms with Crippen molar-refractivity contribution in [3.63, 3.8) is 0 Å². The Bertz CT molecular complexity index is 1070. The van der Waals surface area contributed by atoms with Crippen LogP contribution in [0.25, 0.3) is 21.8 Å². The average molecular weight is 345 g/mol. The van der Waals surface area contributed by atoms with Crippen molar-refractivity contribution in [2.75, 3.05) is 0 Å². The number of fused-ring (bicyclic) bond motifs is 3. The van der Waals surface area contributed by atoms with Crippen molar-refractivity contribution in [3.8, 4) is 0 Å². The second-order valence-corrected chi connectivity index (χ2v) is 6.50. The van der Waals surface area contributed by atoms with Gasteiger partial charge in [0.1, 0.15) is 0 Å². The second-order valence-electron chi connectivity index (χ2n) is 6.50. The first kappa shape index (κ1) is 16.3. The SMILES string of the molecule is CC(=O)c1ccc2c(c1)c1cc(C(C)=O)ccc1n2CCn1cccn1. The summed E-state index contributed by atoms with van der Waals surface area (Å²) in [5.74, 6) is 0.0686. The Balaban J connectivity index is 1.92. The monoisotopic (exact) mass is 345 g/mol. The summed E-state index contributed by atoms with van der Waals surface area (Å²) in [6, 6.07) is 13.5. The Kier molecular flexibility index (Phi) is 3.92. The first-order valence-corrected chi connectivity index (χ1v) is 8.60. The topological polar surface area (TPSA) is 56.9 Å². The summed E-state index contributed by atoms with van der Waals surface area (Å²) in [6.45, 7) is 4.63. The molecule has 2 aromatic carbocycles. The zero-order valence-corrected chi connectivity index (χ0v) is 14.8. The molecule has 5 heteroatoms. The lowest BCUT2D eigenvalue weighted by atomic mass is 10.0. The first-order valence-electron chi connectivity index (χ1n) is 8.60. The third-order valence-electron chi connectivity index (χ3n) is 4.79. The van der Waals surface area contributed by atoms with Crippen molar-refractivity contribution in [1.82, 2.24) is 14.3 Å². The van der Waals surface area contributed by atoms with Crippen LogP contribution >= 0.6 is 0 Å². The quantitative estimate of drug-likeness (QED) is 0.512. The minimum Gasteiger partial charge on any atom is -0.339 e. The van der Waals surface area contributed by atoms with Crippen LogP contribution in [0, 0.1) is 0 Å². The average Bonchev–Trinajstić information content (AvgIpc) is 3.25. The van der Waals surface area contributed by atoms with Crippen molar-refractivity contribution in [2.24, 2.45) is 0 Å². The fraction of sp³-hybridized carbons (Fsp3) is 0.190. The third-order valence-corrected chi connectivity index (χ3v) is 4.79. The van der Waals surface area contributed by atoms with Gasteiger partial charge in [0, 0.05) is 51.9 Å². The Hall–Kier alpha value is -3.21. The summed E-state index contributed by atoms with van der Waals surface area (Å²) >= 11 is 0. The lowest BCUT2D eigenvalue weighted by Crippen LogP contribution is -2.07. The van der Waals surface area contributed by atoms with Gasteiger partial charge in [0.05, 0.1) is 6.54 Å². The van der Waals surface area contributed by atoms with E-state index in [0.717, 1.165) is 34.9 Å². The van der Waals surface area contributed by atoms with E-state index in [1.54, 1.807) is 20.0 Å². The van der Waals surface area contributed by atoms with Crippen molar-refractivity contribution in [2.45, 2.75) is 26.9 Å². The molecule has 4 rings (SSSR count). The van der Waals surface area contributed by atoms with Gasteiger partial charge in [-0.05, 0) is 56.3 Å². The number of aromatic nitrogens is 3. The van der Waals surface area contributed by atoms with Crippen LogP contribution in [-0.2, 0) is 13.1 Å². The van der Waals surface area contributed by atoms with E-state index in [0.29, 0.717) is 11.1 Å². The molecular weight excluding hydrogens is 326 g/mol. The van der Waals surface area contributed by atoms with Crippen LogP contribution in [0.5, 0.6) is 0 Å². The highest BCUT2D eigenvalue weighted by atomic mass is 16.1. The number of Topliss-reactive ketones (excluding diaryl/α,β-unsaturated/α-hetero) is 2. The van der Waals surface area contributed by atoms with Crippen molar-refractivity contribution < 1.29 is 9.59 Å². The number of ketones is 2. The number of rotatable bonds is 5. The zero-order valence-electron chi connectivity index (χ0n) is 14.8. The summed E-state index contributed by atoms with van der Waals surface area (Å²) in [6.07, 6.45) is 3.71. The largest absolute Gasteiger partial charge is 0.339 e. The van der Waals surface area contributed by atoms with E-state index >= 15 is 0 Å². The van der Waals surface area contributed by atoms with Crippen molar-refractivity contribution in [1.29, 1.82) is 0 Å². The van der Waals surface area contributed by atoms with E-state index < -0.39 is 0 Å².